The molecule has 3 heteroatoms. The first kappa shape index (κ1) is 12.8. The van der Waals surface area contributed by atoms with Crippen LogP contribution in [0.1, 0.15) is 17.5 Å². The highest BCUT2D eigenvalue weighted by atomic mass is 79.9. The van der Waals surface area contributed by atoms with Gasteiger partial charge in [-0.1, -0.05) is 46.0 Å². The molecule has 0 radical (unpaired) electrons. The van der Waals surface area contributed by atoms with E-state index in [0.717, 1.165) is 11.1 Å². The molecule has 1 rings (SSSR count). The van der Waals surface area contributed by atoms with Gasteiger partial charge in [-0.05, 0) is 18.1 Å². The molecule has 0 atom stereocenters. The van der Waals surface area contributed by atoms with Crippen LogP contribution in [-0.2, 0) is 16.0 Å². The van der Waals surface area contributed by atoms with Gasteiger partial charge in [0, 0.05) is 12.0 Å². The molecule has 0 N–H and O–H groups in total. The standard InChI is InChI=1S/C13H13BrO2/c1-16-13(15)9-8-12-6-3-2-5-11(12)7-4-10-14/h2-3,5-6H,8-10H2,1H3. The van der Waals surface area contributed by atoms with E-state index in [1.165, 1.54) is 7.11 Å². The number of rotatable bonds is 3. The fraction of sp³-hybridized carbons (Fsp3) is 0.308. The van der Waals surface area contributed by atoms with E-state index >= 15 is 0 Å². The largest absolute Gasteiger partial charge is 0.469 e. The van der Waals surface area contributed by atoms with Crippen LogP contribution in [0.25, 0.3) is 0 Å². The number of ether oxygens (including phenoxy) is 1. The van der Waals surface area contributed by atoms with Gasteiger partial charge in [-0.25, -0.2) is 0 Å². The first-order valence-electron chi connectivity index (χ1n) is 4.97. The minimum absolute atomic E-state index is 0.191. The molecule has 0 aliphatic heterocycles. The van der Waals surface area contributed by atoms with Gasteiger partial charge >= 0.3 is 5.97 Å². The molecule has 84 valence electrons. The summed E-state index contributed by atoms with van der Waals surface area (Å²) in [7, 11) is 1.40. The van der Waals surface area contributed by atoms with Gasteiger partial charge in [0.1, 0.15) is 0 Å². The molecule has 0 aromatic heterocycles. The van der Waals surface area contributed by atoms with Crippen LogP contribution in [0, 0.1) is 11.8 Å². The van der Waals surface area contributed by atoms with Crippen molar-refractivity contribution in [2.75, 3.05) is 12.4 Å². The van der Waals surface area contributed by atoms with Crippen LogP contribution in [0.15, 0.2) is 24.3 Å². The summed E-state index contributed by atoms with van der Waals surface area (Å²) in [5, 5.41) is 0.651. The van der Waals surface area contributed by atoms with Gasteiger partial charge in [0.25, 0.3) is 0 Å². The summed E-state index contributed by atoms with van der Waals surface area (Å²) in [6.07, 6.45) is 1.06. The maximum Gasteiger partial charge on any atom is 0.305 e. The second kappa shape index (κ2) is 7.08. The van der Waals surface area contributed by atoms with Gasteiger partial charge in [0.2, 0.25) is 0 Å². The summed E-state index contributed by atoms with van der Waals surface area (Å²) in [4.78, 5) is 11.0. The Morgan fingerprint density at radius 3 is 2.88 bits per heavy atom. The maximum atomic E-state index is 11.0. The predicted molar refractivity (Wildman–Crippen MR) is 67.5 cm³/mol. The van der Waals surface area contributed by atoms with Gasteiger partial charge in [-0.2, -0.15) is 0 Å². The molecule has 0 aliphatic rings. The second-order valence-corrected chi connectivity index (χ2v) is 3.73. The predicted octanol–water partition coefficient (Wildman–Crippen LogP) is 2.54. The number of methoxy groups -OCH3 is 1. The average Bonchev–Trinajstić information content (AvgIpc) is 2.34. The minimum atomic E-state index is -0.191. The lowest BCUT2D eigenvalue weighted by atomic mass is 10.0. The lowest BCUT2D eigenvalue weighted by Gasteiger charge is -2.03. The number of esters is 1. The molecule has 0 unspecified atom stereocenters. The Hall–Kier alpha value is -1.27. The van der Waals surface area contributed by atoms with Crippen molar-refractivity contribution in [1.82, 2.24) is 0 Å². The number of halogens is 1. The Morgan fingerprint density at radius 2 is 2.19 bits per heavy atom. The van der Waals surface area contributed by atoms with E-state index in [2.05, 4.69) is 32.5 Å². The molecule has 0 saturated carbocycles. The van der Waals surface area contributed by atoms with Crippen LogP contribution >= 0.6 is 15.9 Å². The normalized spacial score (nSPS) is 9.12. The van der Waals surface area contributed by atoms with E-state index in [1.54, 1.807) is 0 Å². The quantitative estimate of drug-likeness (QED) is 0.483. The Morgan fingerprint density at radius 1 is 1.44 bits per heavy atom. The highest BCUT2D eigenvalue weighted by Gasteiger charge is 2.03. The van der Waals surface area contributed by atoms with Crippen molar-refractivity contribution < 1.29 is 9.53 Å². The number of benzene rings is 1. The van der Waals surface area contributed by atoms with Crippen molar-refractivity contribution >= 4 is 21.9 Å². The molecule has 0 bridgehead atoms. The Labute approximate surface area is 104 Å². The first-order valence-corrected chi connectivity index (χ1v) is 6.09. The molecule has 0 fully saturated rings. The number of hydrogen-bond acceptors (Lipinski definition) is 2. The first-order chi connectivity index (χ1) is 7.77. The third-order valence-corrected chi connectivity index (χ3v) is 2.41. The van der Waals surface area contributed by atoms with Crippen molar-refractivity contribution in [2.45, 2.75) is 12.8 Å². The number of carbonyl (C=O) groups excluding carboxylic acids is 1. The average molecular weight is 281 g/mol. The van der Waals surface area contributed by atoms with E-state index in [9.17, 15) is 4.79 Å². The van der Waals surface area contributed by atoms with E-state index in [-0.39, 0.29) is 5.97 Å². The van der Waals surface area contributed by atoms with Crippen LogP contribution in [0.5, 0.6) is 0 Å². The van der Waals surface area contributed by atoms with Crippen LogP contribution in [0.3, 0.4) is 0 Å². The summed E-state index contributed by atoms with van der Waals surface area (Å²) in [6, 6.07) is 7.84. The summed E-state index contributed by atoms with van der Waals surface area (Å²) >= 11 is 3.26. The van der Waals surface area contributed by atoms with Crippen LogP contribution in [0.2, 0.25) is 0 Å². The van der Waals surface area contributed by atoms with Crippen molar-refractivity contribution in [3.8, 4) is 11.8 Å². The van der Waals surface area contributed by atoms with Crippen molar-refractivity contribution in [3.63, 3.8) is 0 Å². The van der Waals surface area contributed by atoms with Crippen LogP contribution in [0.4, 0.5) is 0 Å². The Kier molecular flexibility index (Phi) is 5.66. The van der Waals surface area contributed by atoms with E-state index in [1.807, 2.05) is 24.3 Å². The monoisotopic (exact) mass is 280 g/mol. The fourth-order valence-corrected chi connectivity index (χ4v) is 1.47. The molecule has 0 heterocycles. The molecule has 0 aliphatic carbocycles. The molecule has 0 amide bonds. The molecule has 2 nitrogen and oxygen atoms in total. The lowest BCUT2D eigenvalue weighted by molar-refractivity contribution is -0.140. The number of aryl methyl sites for hydroxylation is 1. The number of carbonyl (C=O) groups is 1. The summed E-state index contributed by atoms with van der Waals surface area (Å²) < 4.78 is 4.61. The minimum Gasteiger partial charge on any atom is -0.469 e. The van der Waals surface area contributed by atoms with Gasteiger partial charge < -0.3 is 4.74 Å². The molecular weight excluding hydrogens is 268 g/mol. The molecule has 0 saturated heterocycles. The summed E-state index contributed by atoms with van der Waals surface area (Å²) in [5.41, 5.74) is 2.06. The zero-order chi connectivity index (χ0) is 11.8. The lowest BCUT2D eigenvalue weighted by Crippen LogP contribution is -2.02. The summed E-state index contributed by atoms with van der Waals surface area (Å²) in [6.45, 7) is 0. The molecular formula is C13H13BrO2. The number of alkyl halides is 1. The van der Waals surface area contributed by atoms with E-state index < -0.39 is 0 Å². The molecule has 1 aromatic rings. The Bertz CT molecular complexity index is 415. The zero-order valence-corrected chi connectivity index (χ0v) is 10.7. The highest BCUT2D eigenvalue weighted by molar-refractivity contribution is 9.09. The van der Waals surface area contributed by atoms with Gasteiger partial charge in [0.05, 0.1) is 12.4 Å². The zero-order valence-electron chi connectivity index (χ0n) is 9.13. The topological polar surface area (TPSA) is 26.3 Å². The smallest absolute Gasteiger partial charge is 0.305 e. The van der Waals surface area contributed by atoms with Crippen molar-refractivity contribution in [3.05, 3.63) is 35.4 Å². The SMILES string of the molecule is COC(=O)CCc1ccccc1C#CCBr. The van der Waals surface area contributed by atoms with Gasteiger partial charge in [0.15, 0.2) is 0 Å². The Balaban J connectivity index is 2.75. The van der Waals surface area contributed by atoms with Crippen molar-refractivity contribution in [2.24, 2.45) is 0 Å². The van der Waals surface area contributed by atoms with E-state index in [0.29, 0.717) is 18.2 Å². The van der Waals surface area contributed by atoms with Crippen LogP contribution < -0.4 is 0 Å². The molecule has 1 aromatic carbocycles. The number of hydrogen-bond donors (Lipinski definition) is 0. The van der Waals surface area contributed by atoms with E-state index in [4.69, 9.17) is 0 Å². The third-order valence-electron chi connectivity index (χ3n) is 2.13. The highest BCUT2D eigenvalue weighted by Crippen LogP contribution is 2.10. The molecule has 0 spiro atoms. The fourth-order valence-electron chi connectivity index (χ4n) is 1.33. The molecule has 16 heavy (non-hydrogen) atoms. The van der Waals surface area contributed by atoms with Gasteiger partial charge in [-0.3, -0.25) is 4.79 Å². The van der Waals surface area contributed by atoms with Gasteiger partial charge in [-0.15, -0.1) is 0 Å². The maximum absolute atomic E-state index is 11.0. The summed E-state index contributed by atoms with van der Waals surface area (Å²) in [5.74, 6) is 5.82. The second-order valence-electron chi connectivity index (χ2n) is 3.17. The van der Waals surface area contributed by atoms with Crippen molar-refractivity contribution in [1.29, 1.82) is 0 Å². The van der Waals surface area contributed by atoms with Crippen LogP contribution in [-0.4, -0.2) is 18.4 Å². The third kappa shape index (κ3) is 4.08.